The fourth-order valence-corrected chi connectivity index (χ4v) is 5.78. The Hall–Kier alpha value is -3.72. The van der Waals surface area contributed by atoms with Crippen LogP contribution in [0.5, 0.6) is 0 Å². The Morgan fingerprint density at radius 1 is 0.656 bits per heavy atom. The topological polar surface area (TPSA) is 30.2 Å². The van der Waals surface area contributed by atoms with E-state index >= 15 is 0 Å². The molecule has 0 saturated heterocycles. The molecule has 0 aliphatic heterocycles. The minimum atomic E-state index is 0.967. The summed E-state index contributed by atoms with van der Waals surface area (Å²) in [5, 5.41) is 12.1. The first-order chi connectivity index (χ1) is 15.8. The van der Waals surface area contributed by atoms with Crippen molar-refractivity contribution in [2.24, 2.45) is 0 Å². The zero-order valence-corrected chi connectivity index (χ0v) is 18.1. The second-order valence-corrected chi connectivity index (χ2v) is 8.97. The second-order valence-electron chi connectivity index (χ2n) is 8.97. The molecule has 0 saturated carbocycles. The van der Waals surface area contributed by atoms with Gasteiger partial charge in [-0.2, -0.15) is 0 Å². The summed E-state index contributed by atoms with van der Waals surface area (Å²) in [7, 11) is 0. The summed E-state index contributed by atoms with van der Waals surface area (Å²) in [6, 6.07) is 25.7. The van der Waals surface area contributed by atoms with E-state index in [4.69, 9.17) is 10.2 Å². The van der Waals surface area contributed by atoms with Crippen LogP contribution in [0.15, 0.2) is 72.8 Å². The van der Waals surface area contributed by atoms with Gasteiger partial charge in [0.2, 0.25) is 0 Å². The van der Waals surface area contributed by atoms with Gasteiger partial charge in [-0.1, -0.05) is 66.7 Å². The lowest BCUT2D eigenvalue weighted by atomic mass is 9.98. The number of fused-ring (bicyclic) bond motifs is 3. The maximum Gasteiger partial charge on any atom is 0.103 e. The van der Waals surface area contributed by atoms with E-state index in [2.05, 4.69) is 84.1 Å². The lowest BCUT2D eigenvalue weighted by Crippen LogP contribution is -1.94. The zero-order valence-electron chi connectivity index (χ0n) is 18.1. The first kappa shape index (κ1) is 17.9. The summed E-state index contributed by atoms with van der Waals surface area (Å²) in [6.07, 6.45) is 4.83. The summed E-state index contributed by atoms with van der Waals surface area (Å²) < 4.78 is 2.53. The summed E-state index contributed by atoms with van der Waals surface area (Å²) in [4.78, 5) is 0. The van der Waals surface area contributed by atoms with Crippen molar-refractivity contribution in [1.29, 1.82) is 0 Å². The van der Waals surface area contributed by atoms with Crippen LogP contribution < -0.4 is 0 Å². The third-order valence-corrected chi connectivity index (χ3v) is 7.21. The summed E-state index contributed by atoms with van der Waals surface area (Å²) >= 11 is 0. The zero-order chi connectivity index (χ0) is 21.2. The highest BCUT2D eigenvalue weighted by Crippen LogP contribution is 2.45. The molecule has 0 fully saturated rings. The van der Waals surface area contributed by atoms with Gasteiger partial charge in [-0.15, -0.1) is 10.2 Å². The van der Waals surface area contributed by atoms with Crippen LogP contribution >= 0.6 is 0 Å². The molecule has 0 amide bonds. The normalized spacial score (nSPS) is 13.9. The summed E-state index contributed by atoms with van der Waals surface area (Å²) in [5.41, 5.74) is 12.6. The van der Waals surface area contributed by atoms with Crippen molar-refractivity contribution in [3.63, 3.8) is 0 Å². The van der Waals surface area contributed by atoms with Gasteiger partial charge in [0.25, 0.3) is 0 Å². The van der Waals surface area contributed by atoms with Crippen LogP contribution in [-0.2, 0) is 12.8 Å². The maximum atomic E-state index is 4.84. The number of rotatable bonds is 2. The fourth-order valence-electron chi connectivity index (χ4n) is 5.78. The Balaban J connectivity index is 1.73. The predicted molar refractivity (Wildman–Crippen MR) is 131 cm³/mol. The Morgan fingerprint density at radius 3 is 1.97 bits per heavy atom. The van der Waals surface area contributed by atoms with Gasteiger partial charge in [-0.25, -0.2) is 0 Å². The highest BCUT2D eigenvalue weighted by atomic mass is 15.1. The molecule has 154 valence electrons. The molecule has 3 nitrogen and oxygen atoms in total. The molecule has 32 heavy (non-hydrogen) atoms. The van der Waals surface area contributed by atoms with Gasteiger partial charge in [0, 0.05) is 21.9 Å². The van der Waals surface area contributed by atoms with Crippen molar-refractivity contribution in [3.8, 4) is 22.5 Å². The van der Waals surface area contributed by atoms with E-state index in [1.54, 1.807) is 0 Å². The van der Waals surface area contributed by atoms with Crippen LogP contribution in [0.4, 0.5) is 0 Å². The van der Waals surface area contributed by atoms with E-state index in [1.807, 2.05) is 0 Å². The monoisotopic (exact) mass is 413 g/mol. The Kier molecular flexibility index (Phi) is 3.71. The van der Waals surface area contributed by atoms with Crippen LogP contribution in [0, 0.1) is 6.92 Å². The maximum absolute atomic E-state index is 4.84. The third kappa shape index (κ3) is 2.31. The van der Waals surface area contributed by atoms with Crippen LogP contribution in [0.2, 0.25) is 0 Å². The van der Waals surface area contributed by atoms with Crippen molar-refractivity contribution in [2.45, 2.75) is 32.6 Å². The van der Waals surface area contributed by atoms with Crippen LogP contribution in [0.3, 0.4) is 0 Å². The molecule has 0 radical (unpaired) electrons. The average molecular weight is 414 g/mol. The molecule has 0 atom stereocenters. The lowest BCUT2D eigenvalue weighted by Gasteiger charge is -2.09. The minimum absolute atomic E-state index is 0.967. The molecule has 3 heteroatoms. The Labute approximate surface area is 186 Å². The van der Waals surface area contributed by atoms with Crippen molar-refractivity contribution in [3.05, 3.63) is 89.5 Å². The Morgan fingerprint density at radius 2 is 1.28 bits per heavy atom. The van der Waals surface area contributed by atoms with Gasteiger partial charge in [0.1, 0.15) is 11.4 Å². The van der Waals surface area contributed by atoms with Gasteiger partial charge < -0.3 is 4.40 Å². The number of aromatic nitrogens is 3. The molecular formula is C29H23N3. The van der Waals surface area contributed by atoms with E-state index < -0.39 is 0 Å². The molecule has 0 N–H and O–H groups in total. The summed E-state index contributed by atoms with van der Waals surface area (Å²) in [5.74, 6) is 0. The van der Waals surface area contributed by atoms with Crippen LogP contribution in [-0.4, -0.2) is 14.6 Å². The first-order valence-electron chi connectivity index (χ1n) is 11.5. The molecule has 6 aromatic rings. The average Bonchev–Trinajstić information content (AvgIpc) is 3.24. The lowest BCUT2D eigenvalue weighted by molar-refractivity contribution is 0.751. The fraction of sp³-hybridized carbons (Fsp3) is 0.172. The quantitative estimate of drug-likeness (QED) is 0.306. The van der Waals surface area contributed by atoms with Crippen molar-refractivity contribution >= 4 is 27.3 Å². The number of hydrogen-bond acceptors (Lipinski definition) is 2. The van der Waals surface area contributed by atoms with Gasteiger partial charge >= 0.3 is 0 Å². The molecule has 7 rings (SSSR count). The number of pyridine rings is 1. The van der Waals surface area contributed by atoms with Gasteiger partial charge in [-0.05, 0) is 55.4 Å². The SMILES string of the molecule is Cc1c2c3c(ccc4c5c(-c6ccccc6)nnc(-c6ccccc6)c5c1n34)CCCC2. The molecule has 0 bridgehead atoms. The third-order valence-electron chi connectivity index (χ3n) is 7.21. The van der Waals surface area contributed by atoms with E-state index in [1.165, 1.54) is 56.9 Å². The number of benzene rings is 2. The molecule has 4 aromatic heterocycles. The number of nitrogens with zero attached hydrogens (tertiary/aromatic N) is 3. The number of aryl methyl sites for hydroxylation is 3. The molecular weight excluding hydrogens is 390 g/mol. The summed E-state index contributed by atoms with van der Waals surface area (Å²) in [6.45, 7) is 2.31. The van der Waals surface area contributed by atoms with E-state index in [0.717, 1.165) is 35.4 Å². The minimum Gasteiger partial charge on any atom is -0.308 e. The predicted octanol–water partition coefficient (Wildman–Crippen LogP) is 6.99. The molecule has 1 aliphatic carbocycles. The molecule has 4 heterocycles. The van der Waals surface area contributed by atoms with Crippen molar-refractivity contribution in [2.75, 3.05) is 0 Å². The molecule has 1 aliphatic rings. The molecule has 0 unspecified atom stereocenters. The highest BCUT2D eigenvalue weighted by Gasteiger charge is 2.27. The Bertz CT molecular complexity index is 1610. The van der Waals surface area contributed by atoms with E-state index in [9.17, 15) is 0 Å². The largest absolute Gasteiger partial charge is 0.308 e. The van der Waals surface area contributed by atoms with Crippen LogP contribution in [0.25, 0.3) is 49.8 Å². The van der Waals surface area contributed by atoms with E-state index in [-0.39, 0.29) is 0 Å². The van der Waals surface area contributed by atoms with Gasteiger partial charge in [0.05, 0.1) is 16.6 Å². The standard InChI is InChI=1S/C29H23N3/c1-18-22-15-9-8-14-21-16-17-23-24-25(28(18)32(23)29(21)22)27(20-12-6-3-7-13-20)31-30-26(24)19-10-4-2-5-11-19/h2-7,10-13,16-17H,8-9,14-15H2,1H3. The van der Waals surface area contributed by atoms with Crippen molar-refractivity contribution in [1.82, 2.24) is 14.6 Å². The highest BCUT2D eigenvalue weighted by molar-refractivity contribution is 6.21. The first-order valence-corrected chi connectivity index (χ1v) is 11.5. The second kappa shape index (κ2) is 6.64. The van der Waals surface area contributed by atoms with Crippen LogP contribution in [0.1, 0.15) is 29.5 Å². The van der Waals surface area contributed by atoms with Crippen molar-refractivity contribution < 1.29 is 0 Å². The smallest absolute Gasteiger partial charge is 0.103 e. The number of hydrogen-bond donors (Lipinski definition) is 0. The molecule has 0 spiro atoms. The van der Waals surface area contributed by atoms with Gasteiger partial charge in [0.15, 0.2) is 0 Å². The van der Waals surface area contributed by atoms with E-state index in [0.29, 0.717) is 0 Å². The molecule has 2 aromatic carbocycles. The van der Waals surface area contributed by atoms with Gasteiger partial charge in [-0.3, -0.25) is 0 Å².